The molecule has 2 aromatic rings. The Hall–Kier alpha value is -2.41. The first-order chi connectivity index (χ1) is 12.0. The average molecular weight is 347 g/mol. The molecule has 7 heteroatoms. The van der Waals surface area contributed by atoms with Gasteiger partial charge in [-0.3, -0.25) is 4.79 Å². The van der Waals surface area contributed by atoms with Crippen LogP contribution in [0.3, 0.4) is 0 Å². The topological polar surface area (TPSA) is 78.6 Å². The molecule has 0 unspecified atom stereocenters. The number of carbonyl (C=O) groups is 1. The number of aliphatic hydroxyl groups excluding tert-OH is 1. The van der Waals surface area contributed by atoms with Gasteiger partial charge in [0, 0.05) is 19.1 Å². The molecule has 6 nitrogen and oxygen atoms in total. The summed E-state index contributed by atoms with van der Waals surface area (Å²) in [5.41, 5.74) is 2.18. The first-order valence-electron chi connectivity index (χ1n) is 8.37. The second-order valence-corrected chi connectivity index (χ2v) is 6.41. The first kappa shape index (κ1) is 17.4. The molecule has 1 aromatic heterocycles. The number of benzene rings is 1. The van der Waals surface area contributed by atoms with Gasteiger partial charge in [-0.2, -0.15) is 0 Å². The van der Waals surface area contributed by atoms with Crippen molar-refractivity contribution >= 4 is 11.6 Å². The number of carbonyl (C=O) groups excluding carboxylic acids is 1. The summed E-state index contributed by atoms with van der Waals surface area (Å²) < 4.78 is 19.0. The highest BCUT2D eigenvalue weighted by atomic mass is 19.1. The molecule has 1 saturated heterocycles. The quantitative estimate of drug-likeness (QED) is 0.887. The van der Waals surface area contributed by atoms with Gasteiger partial charge >= 0.3 is 0 Å². The summed E-state index contributed by atoms with van der Waals surface area (Å²) in [4.78, 5) is 14.4. The lowest BCUT2D eigenvalue weighted by Gasteiger charge is -2.34. The molecular weight excluding hydrogens is 325 g/mol. The monoisotopic (exact) mass is 347 g/mol. The van der Waals surface area contributed by atoms with E-state index in [0.717, 1.165) is 18.4 Å². The second kappa shape index (κ2) is 7.23. The third-order valence-corrected chi connectivity index (χ3v) is 4.58. The second-order valence-electron chi connectivity index (χ2n) is 6.41. The fourth-order valence-corrected chi connectivity index (χ4v) is 3.20. The molecule has 1 aromatic carbocycles. The van der Waals surface area contributed by atoms with Crippen molar-refractivity contribution in [1.82, 2.24) is 10.5 Å². The smallest absolute Gasteiger partial charge is 0.257 e. The Morgan fingerprint density at radius 2 is 2.12 bits per heavy atom. The van der Waals surface area contributed by atoms with E-state index in [1.807, 2.05) is 17.9 Å². The van der Waals surface area contributed by atoms with Crippen LogP contribution in [0.15, 0.2) is 22.7 Å². The molecule has 0 bridgehead atoms. The van der Waals surface area contributed by atoms with E-state index in [1.165, 1.54) is 6.07 Å². The third-order valence-electron chi connectivity index (χ3n) is 4.58. The lowest BCUT2D eigenvalue weighted by molar-refractivity contribution is 0.0926. The van der Waals surface area contributed by atoms with Crippen LogP contribution in [-0.4, -0.2) is 35.3 Å². The molecule has 25 heavy (non-hydrogen) atoms. The minimum Gasteiger partial charge on any atom is -0.390 e. The Labute approximate surface area is 145 Å². The highest BCUT2D eigenvalue weighted by Crippen LogP contribution is 2.25. The number of aromatic nitrogens is 1. The van der Waals surface area contributed by atoms with Crippen molar-refractivity contribution in [2.75, 3.05) is 18.0 Å². The summed E-state index contributed by atoms with van der Waals surface area (Å²) in [6, 6.07) is 5.09. The number of halogens is 1. The van der Waals surface area contributed by atoms with E-state index in [0.29, 0.717) is 30.1 Å². The fraction of sp³-hybridized carbons (Fsp3) is 0.444. The van der Waals surface area contributed by atoms with E-state index in [4.69, 9.17) is 4.52 Å². The number of aryl methyl sites for hydroxylation is 2. The van der Waals surface area contributed by atoms with Gasteiger partial charge in [-0.05, 0) is 44.4 Å². The van der Waals surface area contributed by atoms with Crippen LogP contribution in [-0.2, 0) is 6.61 Å². The standard InChI is InChI=1S/C18H22FN3O3/c1-11-3-4-14(19)16(9-11)22-7-5-13(6-8-22)20-18(24)17-12(2)25-21-15(17)10-23/h3-4,9,13,23H,5-8,10H2,1-2H3,(H,20,24). The van der Waals surface area contributed by atoms with Gasteiger partial charge in [0.2, 0.25) is 0 Å². The Kier molecular flexibility index (Phi) is 5.03. The van der Waals surface area contributed by atoms with Crippen LogP contribution in [0.25, 0.3) is 0 Å². The van der Waals surface area contributed by atoms with E-state index in [9.17, 15) is 14.3 Å². The van der Waals surface area contributed by atoms with Gasteiger partial charge in [-0.15, -0.1) is 0 Å². The van der Waals surface area contributed by atoms with Crippen LogP contribution in [0, 0.1) is 19.7 Å². The molecule has 1 aliphatic rings. The van der Waals surface area contributed by atoms with E-state index in [1.54, 1.807) is 13.0 Å². The lowest BCUT2D eigenvalue weighted by atomic mass is 10.0. The minimum atomic E-state index is -0.342. The summed E-state index contributed by atoms with van der Waals surface area (Å²) in [6.07, 6.45) is 1.44. The number of hydrogen-bond donors (Lipinski definition) is 2. The van der Waals surface area contributed by atoms with E-state index >= 15 is 0 Å². The van der Waals surface area contributed by atoms with Crippen LogP contribution in [0.5, 0.6) is 0 Å². The molecule has 0 aliphatic carbocycles. The highest BCUT2D eigenvalue weighted by Gasteiger charge is 2.26. The predicted molar refractivity (Wildman–Crippen MR) is 91.0 cm³/mol. The van der Waals surface area contributed by atoms with Crippen molar-refractivity contribution in [3.8, 4) is 0 Å². The molecular formula is C18H22FN3O3. The van der Waals surface area contributed by atoms with Crippen molar-refractivity contribution < 1.29 is 18.8 Å². The Morgan fingerprint density at radius 3 is 2.80 bits per heavy atom. The van der Waals surface area contributed by atoms with E-state index in [-0.39, 0.29) is 30.1 Å². The van der Waals surface area contributed by atoms with E-state index in [2.05, 4.69) is 10.5 Å². The molecule has 134 valence electrons. The van der Waals surface area contributed by atoms with Crippen molar-refractivity contribution in [1.29, 1.82) is 0 Å². The summed E-state index contributed by atoms with van der Waals surface area (Å²) in [5.74, 6) is -0.121. The van der Waals surface area contributed by atoms with Crippen molar-refractivity contribution in [2.45, 2.75) is 39.3 Å². The molecule has 2 N–H and O–H groups in total. The molecule has 0 atom stereocenters. The SMILES string of the molecule is Cc1ccc(F)c(N2CCC(NC(=O)c3c(CO)noc3C)CC2)c1. The molecule has 3 rings (SSSR count). The van der Waals surface area contributed by atoms with Gasteiger partial charge in [0.05, 0.1) is 12.3 Å². The van der Waals surface area contributed by atoms with Gasteiger partial charge in [0.15, 0.2) is 0 Å². The van der Waals surface area contributed by atoms with Gasteiger partial charge in [-0.25, -0.2) is 4.39 Å². The van der Waals surface area contributed by atoms with Crippen LogP contribution in [0.2, 0.25) is 0 Å². The van der Waals surface area contributed by atoms with Gasteiger partial charge in [0.25, 0.3) is 5.91 Å². The van der Waals surface area contributed by atoms with Gasteiger partial charge in [0.1, 0.15) is 22.8 Å². The zero-order chi connectivity index (χ0) is 18.0. The zero-order valence-corrected chi connectivity index (χ0v) is 14.4. The maximum atomic E-state index is 14.0. The fourth-order valence-electron chi connectivity index (χ4n) is 3.20. The molecule has 2 heterocycles. The number of nitrogens with zero attached hydrogens (tertiary/aromatic N) is 2. The average Bonchev–Trinajstić information content (AvgIpc) is 2.98. The Bertz CT molecular complexity index is 767. The molecule has 0 saturated carbocycles. The summed E-state index contributed by atoms with van der Waals surface area (Å²) in [6.45, 7) is 4.58. The normalized spacial score (nSPS) is 15.4. The number of aliphatic hydroxyl groups is 1. The van der Waals surface area contributed by atoms with Crippen molar-refractivity contribution in [3.63, 3.8) is 0 Å². The van der Waals surface area contributed by atoms with Crippen LogP contribution in [0.4, 0.5) is 10.1 Å². The molecule has 1 amide bonds. The maximum absolute atomic E-state index is 14.0. The Balaban J connectivity index is 1.62. The number of piperidine rings is 1. The number of anilines is 1. The predicted octanol–water partition coefficient (Wildman–Crippen LogP) is 2.32. The highest BCUT2D eigenvalue weighted by molar-refractivity contribution is 5.96. The van der Waals surface area contributed by atoms with Crippen molar-refractivity contribution in [2.24, 2.45) is 0 Å². The van der Waals surface area contributed by atoms with E-state index < -0.39 is 0 Å². The molecule has 1 fully saturated rings. The molecule has 0 radical (unpaired) electrons. The van der Waals surface area contributed by atoms with Crippen LogP contribution in [0.1, 0.15) is 40.2 Å². The summed E-state index contributed by atoms with van der Waals surface area (Å²) in [5, 5.41) is 15.9. The first-order valence-corrected chi connectivity index (χ1v) is 8.37. The van der Waals surface area contributed by atoms with Crippen LogP contribution >= 0.6 is 0 Å². The third kappa shape index (κ3) is 3.66. The molecule has 1 aliphatic heterocycles. The number of amides is 1. The van der Waals surface area contributed by atoms with Crippen LogP contribution < -0.4 is 10.2 Å². The minimum absolute atomic E-state index is 0.00235. The number of nitrogens with one attached hydrogen (secondary N) is 1. The summed E-state index contributed by atoms with van der Waals surface area (Å²) in [7, 11) is 0. The number of hydrogen-bond acceptors (Lipinski definition) is 5. The van der Waals surface area contributed by atoms with Gasteiger partial charge in [-0.1, -0.05) is 11.2 Å². The lowest BCUT2D eigenvalue weighted by Crippen LogP contribution is -2.45. The largest absolute Gasteiger partial charge is 0.390 e. The number of rotatable bonds is 4. The Morgan fingerprint density at radius 1 is 1.40 bits per heavy atom. The summed E-state index contributed by atoms with van der Waals surface area (Å²) >= 11 is 0. The van der Waals surface area contributed by atoms with Gasteiger partial charge < -0.3 is 19.8 Å². The zero-order valence-electron chi connectivity index (χ0n) is 14.4. The van der Waals surface area contributed by atoms with Crippen molar-refractivity contribution in [3.05, 3.63) is 46.6 Å². The molecule has 0 spiro atoms. The maximum Gasteiger partial charge on any atom is 0.257 e.